The minimum Gasteiger partial charge on any atom is -0.383 e. The molecule has 26 heavy (non-hydrogen) atoms. The first kappa shape index (κ1) is 16.8. The van der Waals surface area contributed by atoms with Gasteiger partial charge in [-0.2, -0.15) is 0 Å². The lowest BCUT2D eigenvalue weighted by molar-refractivity contribution is 1.08. The quantitative estimate of drug-likeness (QED) is 0.494. The third-order valence-electron chi connectivity index (χ3n) is 4.11. The normalized spacial score (nSPS) is 11.0. The summed E-state index contributed by atoms with van der Waals surface area (Å²) in [5.41, 5.74) is 10.1. The lowest BCUT2D eigenvalue weighted by atomic mass is 9.98. The number of halogens is 2. The van der Waals surface area contributed by atoms with E-state index in [-0.39, 0.29) is 0 Å². The zero-order valence-electron chi connectivity index (χ0n) is 13.9. The second-order valence-electron chi connectivity index (χ2n) is 5.90. The molecule has 4 rings (SSSR count). The number of hydrogen-bond donors (Lipinski definition) is 1. The van der Waals surface area contributed by atoms with Gasteiger partial charge < -0.3 is 5.73 Å². The Bertz CT molecular complexity index is 1120. The topological polar surface area (TPSA) is 64.7 Å². The number of pyridine rings is 1. The molecule has 0 bridgehead atoms. The van der Waals surface area contributed by atoms with E-state index < -0.39 is 0 Å². The first-order valence-corrected chi connectivity index (χ1v) is 8.74. The Morgan fingerprint density at radius 3 is 2.31 bits per heavy atom. The maximum atomic E-state index is 6.44. The molecule has 0 aliphatic rings. The summed E-state index contributed by atoms with van der Waals surface area (Å²) in [6.07, 6.45) is 0. The van der Waals surface area contributed by atoms with Crippen LogP contribution in [0.5, 0.6) is 0 Å². The third kappa shape index (κ3) is 2.98. The predicted molar refractivity (Wildman–Crippen MR) is 107 cm³/mol. The van der Waals surface area contributed by atoms with E-state index in [1.165, 1.54) is 0 Å². The van der Waals surface area contributed by atoms with Crippen LogP contribution in [-0.4, -0.2) is 15.0 Å². The largest absolute Gasteiger partial charge is 0.383 e. The first-order valence-electron chi connectivity index (χ1n) is 7.98. The molecule has 4 nitrogen and oxygen atoms in total. The van der Waals surface area contributed by atoms with Crippen molar-refractivity contribution in [1.29, 1.82) is 0 Å². The van der Waals surface area contributed by atoms with Crippen LogP contribution in [0.3, 0.4) is 0 Å². The summed E-state index contributed by atoms with van der Waals surface area (Å²) >= 11 is 12.5. The van der Waals surface area contributed by atoms with Gasteiger partial charge in [0, 0.05) is 21.2 Å². The zero-order valence-corrected chi connectivity index (χ0v) is 15.4. The molecule has 0 saturated heterocycles. The SMILES string of the molecule is Cc1nc(N)c2cc(-c3ccc(Cl)cc3)c(-c3ccccc3Cl)nc2n1. The van der Waals surface area contributed by atoms with Gasteiger partial charge in [0.15, 0.2) is 5.65 Å². The van der Waals surface area contributed by atoms with Crippen molar-refractivity contribution in [3.8, 4) is 22.4 Å². The van der Waals surface area contributed by atoms with Crippen LogP contribution in [0.4, 0.5) is 5.82 Å². The summed E-state index contributed by atoms with van der Waals surface area (Å²) in [4.78, 5) is 13.5. The van der Waals surface area contributed by atoms with Crippen LogP contribution >= 0.6 is 23.2 Å². The molecule has 2 N–H and O–H groups in total. The Kier molecular flexibility index (Phi) is 4.23. The number of anilines is 1. The van der Waals surface area contributed by atoms with Crippen LogP contribution in [-0.2, 0) is 0 Å². The minimum absolute atomic E-state index is 0.404. The molecule has 2 heterocycles. The van der Waals surface area contributed by atoms with Gasteiger partial charge in [-0.25, -0.2) is 15.0 Å². The molecule has 4 aromatic rings. The Morgan fingerprint density at radius 1 is 0.846 bits per heavy atom. The van der Waals surface area contributed by atoms with Gasteiger partial charge in [0.1, 0.15) is 11.6 Å². The van der Waals surface area contributed by atoms with Crippen LogP contribution in [0.25, 0.3) is 33.4 Å². The second kappa shape index (κ2) is 6.56. The molecule has 0 aliphatic heterocycles. The summed E-state index contributed by atoms with van der Waals surface area (Å²) in [5, 5.41) is 1.99. The monoisotopic (exact) mass is 380 g/mol. The Hall–Kier alpha value is -2.69. The van der Waals surface area contributed by atoms with E-state index in [0.29, 0.717) is 32.7 Å². The smallest absolute Gasteiger partial charge is 0.165 e. The fourth-order valence-corrected chi connectivity index (χ4v) is 3.25. The highest BCUT2D eigenvalue weighted by Gasteiger charge is 2.16. The van der Waals surface area contributed by atoms with E-state index in [4.69, 9.17) is 33.9 Å². The fraction of sp³-hybridized carbons (Fsp3) is 0.0500. The highest BCUT2D eigenvalue weighted by Crippen LogP contribution is 2.37. The molecule has 0 fully saturated rings. The van der Waals surface area contributed by atoms with Crippen molar-refractivity contribution in [3.05, 3.63) is 70.5 Å². The molecule has 0 unspecified atom stereocenters. The molecule has 0 atom stereocenters. The van der Waals surface area contributed by atoms with Gasteiger partial charge in [-0.05, 0) is 36.8 Å². The van der Waals surface area contributed by atoms with Crippen molar-refractivity contribution in [1.82, 2.24) is 15.0 Å². The molecule has 0 aliphatic carbocycles. The molecule has 6 heteroatoms. The predicted octanol–water partition coefficient (Wildman–Crippen LogP) is 5.56. The lowest BCUT2D eigenvalue weighted by Crippen LogP contribution is -2.01. The van der Waals surface area contributed by atoms with E-state index in [1.807, 2.05) is 54.6 Å². The summed E-state index contributed by atoms with van der Waals surface area (Å²) in [7, 11) is 0. The Morgan fingerprint density at radius 2 is 1.58 bits per heavy atom. The molecule has 2 aromatic carbocycles. The maximum absolute atomic E-state index is 6.44. The summed E-state index contributed by atoms with van der Waals surface area (Å²) < 4.78 is 0. The highest BCUT2D eigenvalue weighted by molar-refractivity contribution is 6.33. The Labute approximate surface area is 160 Å². The molecular weight excluding hydrogens is 367 g/mol. The van der Waals surface area contributed by atoms with Crippen molar-refractivity contribution in [2.45, 2.75) is 6.92 Å². The third-order valence-corrected chi connectivity index (χ3v) is 4.69. The second-order valence-corrected chi connectivity index (χ2v) is 6.74. The van der Waals surface area contributed by atoms with E-state index in [0.717, 1.165) is 22.4 Å². The summed E-state index contributed by atoms with van der Waals surface area (Å²) in [5.74, 6) is 0.979. The van der Waals surface area contributed by atoms with Crippen molar-refractivity contribution in [2.75, 3.05) is 5.73 Å². The molecular formula is C20H14Cl2N4. The molecule has 2 aromatic heterocycles. The number of hydrogen-bond acceptors (Lipinski definition) is 4. The van der Waals surface area contributed by atoms with Gasteiger partial charge in [0.05, 0.1) is 11.1 Å². The average molecular weight is 381 g/mol. The van der Waals surface area contributed by atoms with Gasteiger partial charge >= 0.3 is 0 Å². The van der Waals surface area contributed by atoms with Crippen LogP contribution < -0.4 is 5.73 Å². The standard InChI is InChI=1S/C20H14Cl2N4/c1-11-24-19(23)16-10-15(12-6-8-13(21)9-7-12)18(26-20(16)25-11)14-4-2-3-5-17(14)22/h2-10H,1H3,(H2,23,24,25,26). The number of nitrogens with zero attached hydrogens (tertiary/aromatic N) is 3. The van der Waals surface area contributed by atoms with E-state index in [2.05, 4.69) is 9.97 Å². The molecule has 128 valence electrons. The number of aryl methyl sites for hydroxylation is 1. The molecule has 0 saturated carbocycles. The van der Waals surface area contributed by atoms with Crippen molar-refractivity contribution in [3.63, 3.8) is 0 Å². The average Bonchev–Trinajstić information content (AvgIpc) is 2.62. The van der Waals surface area contributed by atoms with Gasteiger partial charge in [-0.3, -0.25) is 0 Å². The highest BCUT2D eigenvalue weighted by atomic mass is 35.5. The van der Waals surface area contributed by atoms with Gasteiger partial charge in [-0.1, -0.05) is 53.5 Å². The van der Waals surface area contributed by atoms with E-state index >= 15 is 0 Å². The summed E-state index contributed by atoms with van der Waals surface area (Å²) in [6, 6.07) is 17.1. The first-order chi connectivity index (χ1) is 12.5. The number of rotatable bonds is 2. The molecule has 0 amide bonds. The number of nitrogens with two attached hydrogens (primary N) is 1. The van der Waals surface area contributed by atoms with Crippen molar-refractivity contribution < 1.29 is 0 Å². The van der Waals surface area contributed by atoms with Crippen LogP contribution in [0.15, 0.2) is 54.6 Å². The zero-order chi connectivity index (χ0) is 18.3. The number of fused-ring (bicyclic) bond motifs is 1. The molecule has 0 radical (unpaired) electrons. The van der Waals surface area contributed by atoms with Gasteiger partial charge in [0.2, 0.25) is 0 Å². The van der Waals surface area contributed by atoms with Gasteiger partial charge in [-0.15, -0.1) is 0 Å². The van der Waals surface area contributed by atoms with Crippen LogP contribution in [0.1, 0.15) is 5.82 Å². The lowest BCUT2D eigenvalue weighted by Gasteiger charge is -2.13. The van der Waals surface area contributed by atoms with Crippen LogP contribution in [0, 0.1) is 6.92 Å². The van der Waals surface area contributed by atoms with Gasteiger partial charge in [0.25, 0.3) is 0 Å². The van der Waals surface area contributed by atoms with Crippen molar-refractivity contribution in [2.24, 2.45) is 0 Å². The Balaban J connectivity index is 2.08. The fourth-order valence-electron chi connectivity index (χ4n) is 2.90. The molecule has 0 spiro atoms. The van der Waals surface area contributed by atoms with E-state index in [9.17, 15) is 0 Å². The van der Waals surface area contributed by atoms with Crippen molar-refractivity contribution >= 4 is 40.1 Å². The maximum Gasteiger partial charge on any atom is 0.165 e. The number of benzene rings is 2. The number of aromatic nitrogens is 3. The number of nitrogen functional groups attached to an aromatic ring is 1. The van der Waals surface area contributed by atoms with Crippen LogP contribution in [0.2, 0.25) is 10.0 Å². The minimum atomic E-state index is 0.404. The van der Waals surface area contributed by atoms with E-state index in [1.54, 1.807) is 6.92 Å². The summed E-state index contributed by atoms with van der Waals surface area (Å²) in [6.45, 7) is 1.79.